The van der Waals surface area contributed by atoms with E-state index in [0.717, 1.165) is 0 Å². The van der Waals surface area contributed by atoms with Gasteiger partial charge in [-0.3, -0.25) is 10.1 Å². The van der Waals surface area contributed by atoms with Gasteiger partial charge in [-0.05, 0) is 31.5 Å². The van der Waals surface area contributed by atoms with Crippen LogP contribution >= 0.6 is 0 Å². The molecule has 0 saturated carbocycles. The van der Waals surface area contributed by atoms with Crippen molar-refractivity contribution in [2.75, 3.05) is 0 Å². The average Bonchev–Trinajstić information content (AvgIpc) is 2.98. The number of aryl methyl sites for hydroxylation is 2. The van der Waals surface area contributed by atoms with E-state index in [0.29, 0.717) is 28.1 Å². The fraction of sp³-hybridized carbons (Fsp3) is 0.231. The molecule has 0 saturated heterocycles. The third-order valence-corrected chi connectivity index (χ3v) is 4.94. The summed E-state index contributed by atoms with van der Waals surface area (Å²) in [6.45, 7) is 3.35. The smallest absolute Gasteiger partial charge is 0.408 e. The van der Waals surface area contributed by atoms with E-state index in [2.05, 4.69) is 19.9 Å². The Morgan fingerprint density at radius 2 is 2.09 bits per heavy atom. The zero-order chi connectivity index (χ0) is 15.9. The topological polar surface area (TPSA) is 121 Å². The Balaban J connectivity index is 1.85. The summed E-state index contributed by atoms with van der Waals surface area (Å²) in [4.78, 5) is 13.8. The number of hydrogen-bond acceptors (Lipinski definition) is 5. The van der Waals surface area contributed by atoms with Gasteiger partial charge in [-0.1, -0.05) is 6.07 Å². The number of H-pyrrole nitrogens is 2. The van der Waals surface area contributed by atoms with Crippen molar-refractivity contribution in [3.63, 3.8) is 0 Å². The van der Waals surface area contributed by atoms with Crippen molar-refractivity contribution >= 4 is 21.1 Å². The molecule has 0 unspecified atom stereocenters. The largest absolute Gasteiger partial charge is 0.417 e. The van der Waals surface area contributed by atoms with Gasteiger partial charge in [0.2, 0.25) is 10.0 Å². The molecule has 0 fully saturated rings. The number of oxazole rings is 1. The van der Waals surface area contributed by atoms with Crippen molar-refractivity contribution in [1.29, 1.82) is 0 Å². The van der Waals surface area contributed by atoms with Crippen molar-refractivity contribution in [2.45, 2.75) is 25.3 Å². The van der Waals surface area contributed by atoms with Gasteiger partial charge < -0.3 is 4.42 Å². The maximum atomic E-state index is 12.3. The first-order chi connectivity index (χ1) is 10.4. The lowest BCUT2D eigenvalue weighted by Crippen LogP contribution is -2.24. The molecular weight excluding hydrogens is 308 g/mol. The lowest BCUT2D eigenvalue weighted by Gasteiger charge is -2.07. The Labute approximate surface area is 125 Å². The summed E-state index contributed by atoms with van der Waals surface area (Å²) < 4.78 is 32.1. The minimum atomic E-state index is -3.67. The average molecular weight is 322 g/mol. The quantitative estimate of drug-likeness (QED) is 0.660. The predicted octanol–water partition coefficient (Wildman–Crippen LogP) is 0.940. The van der Waals surface area contributed by atoms with Crippen molar-refractivity contribution in [3.8, 4) is 0 Å². The SMILES string of the molecule is Cc1n[nH]c(C)c1S(=O)(=O)NCc1ccc2[nH]c(=O)oc2c1. The van der Waals surface area contributed by atoms with Crippen LogP contribution in [0.4, 0.5) is 0 Å². The number of aromatic nitrogens is 3. The fourth-order valence-corrected chi connectivity index (χ4v) is 3.67. The van der Waals surface area contributed by atoms with Crippen LogP contribution in [0.15, 0.2) is 32.3 Å². The summed E-state index contributed by atoms with van der Waals surface area (Å²) >= 11 is 0. The van der Waals surface area contributed by atoms with Gasteiger partial charge in [-0.25, -0.2) is 17.9 Å². The molecule has 116 valence electrons. The minimum absolute atomic E-state index is 0.0806. The molecular formula is C13H14N4O4S. The molecule has 2 aromatic heterocycles. The minimum Gasteiger partial charge on any atom is -0.408 e. The van der Waals surface area contributed by atoms with Crippen LogP contribution in [-0.2, 0) is 16.6 Å². The van der Waals surface area contributed by atoms with E-state index in [1.807, 2.05) is 0 Å². The monoisotopic (exact) mass is 322 g/mol. The van der Waals surface area contributed by atoms with Gasteiger partial charge >= 0.3 is 5.76 Å². The van der Waals surface area contributed by atoms with Crippen LogP contribution in [0.1, 0.15) is 17.0 Å². The molecule has 1 aromatic carbocycles. The van der Waals surface area contributed by atoms with E-state index < -0.39 is 15.8 Å². The van der Waals surface area contributed by atoms with Crippen molar-refractivity contribution < 1.29 is 12.8 Å². The maximum Gasteiger partial charge on any atom is 0.417 e. The molecule has 22 heavy (non-hydrogen) atoms. The van der Waals surface area contributed by atoms with Gasteiger partial charge in [0.15, 0.2) is 5.58 Å². The Bertz CT molecular complexity index is 977. The number of hydrogen-bond donors (Lipinski definition) is 3. The first-order valence-corrected chi connectivity index (χ1v) is 7.98. The number of nitrogens with one attached hydrogen (secondary N) is 3. The zero-order valence-corrected chi connectivity index (χ0v) is 12.7. The van der Waals surface area contributed by atoms with Crippen molar-refractivity contribution in [2.24, 2.45) is 0 Å². The van der Waals surface area contributed by atoms with E-state index in [9.17, 15) is 13.2 Å². The van der Waals surface area contributed by atoms with Crippen LogP contribution < -0.4 is 10.5 Å². The van der Waals surface area contributed by atoms with Crippen LogP contribution in [0.5, 0.6) is 0 Å². The van der Waals surface area contributed by atoms with Crippen molar-refractivity contribution in [1.82, 2.24) is 19.9 Å². The summed E-state index contributed by atoms with van der Waals surface area (Å²) in [7, 11) is -3.67. The highest BCUT2D eigenvalue weighted by Gasteiger charge is 2.21. The summed E-state index contributed by atoms with van der Waals surface area (Å²) in [6, 6.07) is 4.99. The molecule has 8 nitrogen and oxygen atoms in total. The van der Waals surface area contributed by atoms with Crippen molar-refractivity contribution in [3.05, 3.63) is 45.7 Å². The van der Waals surface area contributed by atoms with Crippen LogP contribution in [0.3, 0.4) is 0 Å². The van der Waals surface area contributed by atoms with E-state index in [-0.39, 0.29) is 11.4 Å². The molecule has 9 heteroatoms. The van der Waals surface area contributed by atoms with Gasteiger partial charge in [-0.2, -0.15) is 5.10 Å². The Kier molecular flexibility index (Phi) is 3.38. The number of nitrogens with zero attached hydrogens (tertiary/aromatic N) is 1. The molecule has 0 spiro atoms. The number of benzene rings is 1. The molecule has 0 aliphatic carbocycles. The van der Waals surface area contributed by atoms with E-state index in [1.54, 1.807) is 32.0 Å². The molecule has 0 aliphatic heterocycles. The van der Waals surface area contributed by atoms with Crippen LogP contribution in [-0.4, -0.2) is 23.6 Å². The third-order valence-electron chi connectivity index (χ3n) is 3.28. The molecule has 0 amide bonds. The van der Waals surface area contributed by atoms with Gasteiger partial charge in [0.25, 0.3) is 0 Å². The number of fused-ring (bicyclic) bond motifs is 1. The molecule has 0 atom stereocenters. The highest BCUT2D eigenvalue weighted by Crippen LogP contribution is 2.17. The van der Waals surface area contributed by atoms with Gasteiger partial charge in [0.1, 0.15) is 4.90 Å². The van der Waals surface area contributed by atoms with Gasteiger partial charge in [0.05, 0.1) is 16.9 Å². The molecule has 3 aromatic rings. The highest BCUT2D eigenvalue weighted by molar-refractivity contribution is 7.89. The standard InChI is InChI=1S/C13H14N4O4S/c1-7-12(8(2)17-16-7)22(19,20)14-6-9-3-4-10-11(5-9)21-13(18)15-10/h3-5,14H,6H2,1-2H3,(H,15,18)(H,16,17). The molecule has 3 rings (SSSR count). The first-order valence-electron chi connectivity index (χ1n) is 6.50. The summed E-state index contributed by atoms with van der Waals surface area (Å²) in [5.41, 5.74) is 2.53. The number of rotatable bonds is 4. The van der Waals surface area contributed by atoms with Gasteiger partial charge in [0, 0.05) is 6.54 Å². The zero-order valence-electron chi connectivity index (χ0n) is 11.9. The summed E-state index contributed by atoms with van der Waals surface area (Å²) in [5.74, 6) is -0.544. The second-order valence-corrected chi connectivity index (χ2v) is 6.64. The highest BCUT2D eigenvalue weighted by atomic mass is 32.2. The van der Waals surface area contributed by atoms with Crippen LogP contribution in [0.2, 0.25) is 0 Å². The maximum absolute atomic E-state index is 12.3. The lowest BCUT2D eigenvalue weighted by molar-refractivity contribution is 0.554. The molecule has 0 bridgehead atoms. The molecule has 2 heterocycles. The molecule has 0 aliphatic rings. The first kappa shape index (κ1) is 14.5. The van der Waals surface area contributed by atoms with E-state index in [4.69, 9.17) is 4.42 Å². The number of sulfonamides is 1. The Hall–Kier alpha value is -2.39. The Morgan fingerprint density at radius 3 is 2.77 bits per heavy atom. The predicted molar refractivity (Wildman–Crippen MR) is 78.9 cm³/mol. The Morgan fingerprint density at radius 1 is 1.32 bits per heavy atom. The second kappa shape index (κ2) is 5.11. The summed E-state index contributed by atoms with van der Waals surface area (Å²) in [5, 5.41) is 6.53. The van der Waals surface area contributed by atoms with E-state index >= 15 is 0 Å². The number of aromatic amines is 2. The summed E-state index contributed by atoms with van der Waals surface area (Å²) in [6.07, 6.45) is 0. The third kappa shape index (κ3) is 2.55. The van der Waals surface area contributed by atoms with E-state index in [1.165, 1.54) is 0 Å². The second-order valence-electron chi connectivity index (χ2n) is 4.93. The molecule has 3 N–H and O–H groups in total. The lowest BCUT2D eigenvalue weighted by atomic mass is 10.2. The fourth-order valence-electron chi connectivity index (χ4n) is 2.29. The molecule has 0 radical (unpaired) electrons. The van der Waals surface area contributed by atoms with Crippen LogP contribution in [0.25, 0.3) is 11.1 Å². The normalized spacial score (nSPS) is 12.1. The van der Waals surface area contributed by atoms with Crippen LogP contribution in [0, 0.1) is 13.8 Å². The van der Waals surface area contributed by atoms with Gasteiger partial charge in [-0.15, -0.1) is 0 Å².